The van der Waals surface area contributed by atoms with Gasteiger partial charge in [-0.05, 0) is 54.8 Å². The molecule has 0 saturated heterocycles. The van der Waals surface area contributed by atoms with E-state index in [1.807, 2.05) is 18.2 Å². The molecule has 0 fully saturated rings. The van der Waals surface area contributed by atoms with Gasteiger partial charge in [0, 0.05) is 25.1 Å². The Morgan fingerprint density at radius 3 is 2.35 bits per heavy atom. The summed E-state index contributed by atoms with van der Waals surface area (Å²) in [5, 5.41) is 5.71. The van der Waals surface area contributed by atoms with Crippen LogP contribution in [0.3, 0.4) is 0 Å². The number of unbranched alkanes of at least 4 members (excludes halogenated alkanes) is 1. The van der Waals surface area contributed by atoms with E-state index in [9.17, 15) is 9.59 Å². The highest BCUT2D eigenvalue weighted by Gasteiger charge is 2.08. The number of nitrogens with one attached hydrogen (secondary N) is 2. The molecule has 168 valence electrons. The van der Waals surface area contributed by atoms with Crippen LogP contribution in [0.15, 0.2) is 42.5 Å². The lowest BCUT2D eigenvalue weighted by atomic mass is 10.2. The molecular formula is C24H32N2O5. The molecule has 0 aliphatic carbocycles. The van der Waals surface area contributed by atoms with Crippen LogP contribution in [0.2, 0.25) is 0 Å². The van der Waals surface area contributed by atoms with Crippen molar-refractivity contribution >= 4 is 11.8 Å². The molecular weight excluding hydrogens is 396 g/mol. The summed E-state index contributed by atoms with van der Waals surface area (Å²) in [6.45, 7) is 3.59. The molecule has 2 rings (SSSR count). The lowest BCUT2D eigenvalue weighted by molar-refractivity contribution is -0.121. The third-order valence-corrected chi connectivity index (χ3v) is 4.69. The third-order valence-electron chi connectivity index (χ3n) is 4.69. The van der Waals surface area contributed by atoms with Crippen molar-refractivity contribution in [3.63, 3.8) is 0 Å². The van der Waals surface area contributed by atoms with Crippen LogP contribution in [0.4, 0.5) is 0 Å². The molecule has 0 saturated carbocycles. The molecule has 0 aromatic heterocycles. The zero-order valence-corrected chi connectivity index (χ0v) is 18.5. The first kappa shape index (κ1) is 24.1. The number of rotatable bonds is 13. The van der Waals surface area contributed by atoms with Crippen LogP contribution in [0.5, 0.6) is 17.2 Å². The van der Waals surface area contributed by atoms with E-state index in [4.69, 9.17) is 14.2 Å². The van der Waals surface area contributed by atoms with Crippen LogP contribution in [-0.4, -0.2) is 39.2 Å². The largest absolute Gasteiger partial charge is 0.497 e. The standard InChI is InChI=1S/C24H32N2O5/c1-4-5-15-31-21-13-8-18(16-22(21)30-3)17-26-23(27)7-6-14-25-24(28)19-9-11-20(29-2)12-10-19/h8-13,16H,4-7,14-15,17H2,1-3H3,(H,25,28)(H,26,27). The zero-order valence-electron chi connectivity index (χ0n) is 18.5. The third kappa shape index (κ3) is 8.20. The van der Waals surface area contributed by atoms with Crippen molar-refractivity contribution in [1.82, 2.24) is 10.6 Å². The molecule has 2 N–H and O–H groups in total. The maximum Gasteiger partial charge on any atom is 0.251 e. The zero-order chi connectivity index (χ0) is 22.5. The highest BCUT2D eigenvalue weighted by Crippen LogP contribution is 2.28. The van der Waals surface area contributed by atoms with Gasteiger partial charge in [-0.3, -0.25) is 9.59 Å². The summed E-state index contributed by atoms with van der Waals surface area (Å²) in [7, 11) is 3.18. The average Bonchev–Trinajstić information content (AvgIpc) is 2.81. The monoisotopic (exact) mass is 428 g/mol. The number of benzene rings is 2. The Morgan fingerprint density at radius 1 is 0.903 bits per heavy atom. The number of ether oxygens (including phenoxy) is 3. The van der Waals surface area contributed by atoms with Gasteiger partial charge in [0.25, 0.3) is 5.91 Å². The van der Waals surface area contributed by atoms with E-state index in [1.54, 1.807) is 38.5 Å². The van der Waals surface area contributed by atoms with Gasteiger partial charge in [-0.25, -0.2) is 0 Å². The van der Waals surface area contributed by atoms with Crippen molar-refractivity contribution < 1.29 is 23.8 Å². The van der Waals surface area contributed by atoms with Crippen molar-refractivity contribution in [3.05, 3.63) is 53.6 Å². The van der Waals surface area contributed by atoms with E-state index in [1.165, 1.54) is 0 Å². The Balaban J connectivity index is 1.69. The molecule has 0 atom stereocenters. The smallest absolute Gasteiger partial charge is 0.251 e. The maximum absolute atomic E-state index is 12.1. The normalized spacial score (nSPS) is 10.3. The minimum atomic E-state index is -0.170. The lowest BCUT2D eigenvalue weighted by Crippen LogP contribution is -2.27. The molecule has 31 heavy (non-hydrogen) atoms. The average molecular weight is 429 g/mol. The summed E-state index contributed by atoms with van der Waals surface area (Å²) in [5.74, 6) is 1.82. The van der Waals surface area contributed by atoms with Crippen molar-refractivity contribution in [2.45, 2.75) is 39.2 Å². The number of carbonyl (C=O) groups is 2. The number of amides is 2. The molecule has 0 bridgehead atoms. The van der Waals surface area contributed by atoms with E-state index >= 15 is 0 Å². The highest BCUT2D eigenvalue weighted by atomic mass is 16.5. The van der Waals surface area contributed by atoms with Gasteiger partial charge in [0.05, 0.1) is 20.8 Å². The first-order chi connectivity index (χ1) is 15.1. The van der Waals surface area contributed by atoms with Gasteiger partial charge in [0.1, 0.15) is 5.75 Å². The van der Waals surface area contributed by atoms with Crippen LogP contribution in [0.1, 0.15) is 48.5 Å². The van der Waals surface area contributed by atoms with Gasteiger partial charge in [-0.15, -0.1) is 0 Å². The van der Waals surface area contributed by atoms with Gasteiger partial charge in [-0.2, -0.15) is 0 Å². The predicted octanol–water partition coefficient (Wildman–Crippen LogP) is 3.71. The molecule has 0 aliphatic rings. The second-order valence-electron chi connectivity index (χ2n) is 7.05. The van der Waals surface area contributed by atoms with Crippen molar-refractivity contribution in [2.24, 2.45) is 0 Å². The van der Waals surface area contributed by atoms with Gasteiger partial charge in [0.2, 0.25) is 5.91 Å². The molecule has 2 aromatic carbocycles. The quantitative estimate of drug-likeness (QED) is 0.475. The van der Waals surface area contributed by atoms with E-state index in [0.717, 1.165) is 18.4 Å². The predicted molar refractivity (Wildman–Crippen MR) is 120 cm³/mol. The topological polar surface area (TPSA) is 85.9 Å². The Kier molecular flexibility index (Phi) is 10.2. The molecule has 0 spiro atoms. The number of methoxy groups -OCH3 is 2. The van der Waals surface area contributed by atoms with E-state index in [2.05, 4.69) is 17.6 Å². The van der Waals surface area contributed by atoms with Crippen molar-refractivity contribution in [1.29, 1.82) is 0 Å². The minimum Gasteiger partial charge on any atom is -0.497 e. The summed E-state index contributed by atoms with van der Waals surface area (Å²) in [5.41, 5.74) is 1.49. The SMILES string of the molecule is CCCCOc1ccc(CNC(=O)CCCNC(=O)c2ccc(OC)cc2)cc1OC. The first-order valence-electron chi connectivity index (χ1n) is 10.6. The van der Waals surface area contributed by atoms with Crippen LogP contribution in [-0.2, 0) is 11.3 Å². The summed E-state index contributed by atoms with van der Waals surface area (Å²) >= 11 is 0. The molecule has 2 amide bonds. The molecule has 0 radical (unpaired) electrons. The number of hydrogen-bond acceptors (Lipinski definition) is 5. The lowest BCUT2D eigenvalue weighted by Gasteiger charge is -2.12. The van der Waals surface area contributed by atoms with Crippen molar-refractivity contribution in [3.8, 4) is 17.2 Å². The summed E-state index contributed by atoms with van der Waals surface area (Å²) < 4.78 is 16.2. The Morgan fingerprint density at radius 2 is 1.68 bits per heavy atom. The highest BCUT2D eigenvalue weighted by molar-refractivity contribution is 5.94. The van der Waals surface area contributed by atoms with Gasteiger partial charge in [-0.1, -0.05) is 19.4 Å². The fourth-order valence-electron chi connectivity index (χ4n) is 2.85. The van der Waals surface area contributed by atoms with Crippen LogP contribution in [0.25, 0.3) is 0 Å². The second kappa shape index (κ2) is 13.2. The fourth-order valence-corrected chi connectivity index (χ4v) is 2.85. The summed E-state index contributed by atoms with van der Waals surface area (Å²) in [6, 6.07) is 12.5. The molecule has 0 aliphatic heterocycles. The molecule has 0 unspecified atom stereocenters. The van der Waals surface area contributed by atoms with E-state index in [-0.39, 0.29) is 11.8 Å². The maximum atomic E-state index is 12.1. The van der Waals surface area contributed by atoms with E-state index in [0.29, 0.717) is 55.4 Å². The fraction of sp³-hybridized carbons (Fsp3) is 0.417. The van der Waals surface area contributed by atoms with E-state index < -0.39 is 0 Å². The summed E-state index contributed by atoms with van der Waals surface area (Å²) in [6.07, 6.45) is 2.94. The Labute approximate surface area is 184 Å². The Hall–Kier alpha value is -3.22. The van der Waals surface area contributed by atoms with Crippen molar-refractivity contribution in [2.75, 3.05) is 27.4 Å². The summed E-state index contributed by atoms with van der Waals surface area (Å²) in [4.78, 5) is 24.2. The second-order valence-corrected chi connectivity index (χ2v) is 7.05. The molecule has 7 nitrogen and oxygen atoms in total. The molecule has 7 heteroatoms. The van der Waals surface area contributed by atoms with Crippen LogP contribution in [0, 0.1) is 0 Å². The molecule has 0 heterocycles. The number of carbonyl (C=O) groups excluding carboxylic acids is 2. The van der Waals surface area contributed by atoms with Gasteiger partial charge >= 0.3 is 0 Å². The van der Waals surface area contributed by atoms with Gasteiger partial charge < -0.3 is 24.8 Å². The first-order valence-corrected chi connectivity index (χ1v) is 10.6. The number of hydrogen-bond donors (Lipinski definition) is 2. The van der Waals surface area contributed by atoms with Crippen LogP contribution >= 0.6 is 0 Å². The minimum absolute atomic E-state index is 0.0686. The molecule has 2 aromatic rings. The Bertz CT molecular complexity index is 836. The van der Waals surface area contributed by atoms with Gasteiger partial charge in [0.15, 0.2) is 11.5 Å². The van der Waals surface area contributed by atoms with Crippen LogP contribution < -0.4 is 24.8 Å².